The Morgan fingerprint density at radius 3 is 2.75 bits per heavy atom. The molecule has 1 amide bonds. The number of likely N-dealkylation sites (tertiary alicyclic amines) is 2. The zero-order chi connectivity index (χ0) is 22.1. The topological polar surface area (TPSA) is 67.2 Å². The maximum atomic E-state index is 13.9. The van der Waals surface area contributed by atoms with Gasteiger partial charge in [0, 0.05) is 69.5 Å². The van der Waals surface area contributed by atoms with Crippen molar-refractivity contribution in [1.82, 2.24) is 29.3 Å². The highest BCUT2D eigenvalue weighted by Gasteiger charge is 2.57. The third kappa shape index (κ3) is 3.81. The van der Waals surface area contributed by atoms with Crippen molar-refractivity contribution >= 4 is 5.91 Å². The summed E-state index contributed by atoms with van der Waals surface area (Å²) in [6, 6.07) is 10.3. The molecule has 2 aliphatic heterocycles. The number of pyridine rings is 2. The van der Waals surface area contributed by atoms with Crippen LogP contribution in [0.3, 0.4) is 0 Å². The number of nitrogens with zero attached hydrogens (tertiary/aromatic N) is 6. The van der Waals surface area contributed by atoms with Gasteiger partial charge in [-0.2, -0.15) is 0 Å². The zero-order valence-electron chi connectivity index (χ0n) is 18.8. The molecule has 2 fully saturated rings. The van der Waals surface area contributed by atoms with E-state index in [2.05, 4.69) is 45.5 Å². The molecule has 5 rings (SSSR count). The maximum absolute atomic E-state index is 13.9. The summed E-state index contributed by atoms with van der Waals surface area (Å²) in [5, 5.41) is 0. The molecule has 3 aromatic heterocycles. The van der Waals surface area contributed by atoms with Crippen LogP contribution in [0.25, 0.3) is 0 Å². The third-order valence-electron chi connectivity index (χ3n) is 6.94. The number of carbonyl (C=O) groups is 1. The van der Waals surface area contributed by atoms with E-state index in [9.17, 15) is 4.79 Å². The second-order valence-electron chi connectivity index (χ2n) is 9.38. The van der Waals surface area contributed by atoms with E-state index in [4.69, 9.17) is 4.98 Å². The predicted octanol–water partition coefficient (Wildman–Crippen LogP) is 3.27. The fraction of sp³-hybridized carbons (Fsp3) is 0.440. The van der Waals surface area contributed by atoms with Crippen LogP contribution in [0.1, 0.15) is 49.2 Å². The lowest BCUT2D eigenvalue weighted by Gasteiger charge is -2.28. The van der Waals surface area contributed by atoms with Gasteiger partial charge < -0.3 is 9.47 Å². The molecule has 0 unspecified atom stereocenters. The van der Waals surface area contributed by atoms with Crippen LogP contribution in [0.4, 0.5) is 0 Å². The van der Waals surface area contributed by atoms with E-state index >= 15 is 0 Å². The molecular weight excluding hydrogens is 400 g/mol. The largest absolute Gasteiger partial charge is 0.338 e. The highest BCUT2D eigenvalue weighted by atomic mass is 16.2. The van der Waals surface area contributed by atoms with Gasteiger partial charge in [0.15, 0.2) is 0 Å². The molecule has 2 atom stereocenters. The van der Waals surface area contributed by atoms with Crippen molar-refractivity contribution in [1.29, 1.82) is 0 Å². The van der Waals surface area contributed by atoms with Crippen molar-refractivity contribution in [3.63, 3.8) is 0 Å². The highest BCUT2D eigenvalue weighted by molar-refractivity contribution is 5.86. The molecule has 2 saturated heterocycles. The molecular formula is C25H30N6O. The van der Waals surface area contributed by atoms with Crippen LogP contribution in [-0.2, 0) is 17.9 Å². The standard InChI is InChI=1S/C25H30N6O/c1-19(2)31-16-23(28-18-31)22-15-29(14-21-7-3-4-10-27-21)17-25(22)8-11-30(24(25)32)13-20-6-5-9-26-12-20/h3-7,9-10,12,16,18-19,22H,8,11,13-15,17H2,1-2H3/t22-,25-/m1/s1. The van der Waals surface area contributed by atoms with Crippen LogP contribution in [0.15, 0.2) is 61.4 Å². The minimum Gasteiger partial charge on any atom is -0.338 e. The minimum absolute atomic E-state index is 0.0811. The summed E-state index contributed by atoms with van der Waals surface area (Å²) in [7, 11) is 0. The van der Waals surface area contributed by atoms with Crippen LogP contribution < -0.4 is 0 Å². The number of rotatable bonds is 6. The molecule has 3 aromatic rings. The summed E-state index contributed by atoms with van der Waals surface area (Å²) in [4.78, 5) is 31.8. The van der Waals surface area contributed by atoms with Crippen molar-refractivity contribution in [3.8, 4) is 0 Å². The normalized spacial score (nSPS) is 23.7. The lowest BCUT2D eigenvalue weighted by molar-refractivity contribution is -0.136. The second-order valence-corrected chi connectivity index (χ2v) is 9.38. The first-order valence-electron chi connectivity index (χ1n) is 11.4. The number of hydrogen-bond acceptors (Lipinski definition) is 5. The van der Waals surface area contributed by atoms with Crippen LogP contribution in [-0.4, -0.2) is 54.9 Å². The Kier molecular flexibility index (Phi) is 5.51. The second kappa shape index (κ2) is 8.47. The lowest BCUT2D eigenvalue weighted by Crippen LogP contribution is -2.39. The Morgan fingerprint density at radius 2 is 2.03 bits per heavy atom. The maximum Gasteiger partial charge on any atom is 0.231 e. The Morgan fingerprint density at radius 1 is 1.12 bits per heavy atom. The smallest absolute Gasteiger partial charge is 0.231 e. The van der Waals surface area contributed by atoms with Gasteiger partial charge in [0.05, 0.1) is 23.1 Å². The Balaban J connectivity index is 1.43. The summed E-state index contributed by atoms with van der Waals surface area (Å²) in [5.74, 6) is 0.326. The molecule has 0 N–H and O–H groups in total. The van der Waals surface area contributed by atoms with E-state index in [-0.39, 0.29) is 11.8 Å². The van der Waals surface area contributed by atoms with Gasteiger partial charge in [-0.1, -0.05) is 12.1 Å². The van der Waals surface area contributed by atoms with Gasteiger partial charge in [0.1, 0.15) is 0 Å². The number of carbonyl (C=O) groups excluding carboxylic acids is 1. The van der Waals surface area contributed by atoms with Crippen molar-refractivity contribution in [2.75, 3.05) is 19.6 Å². The monoisotopic (exact) mass is 430 g/mol. The van der Waals surface area contributed by atoms with Crippen molar-refractivity contribution in [2.45, 2.75) is 45.3 Å². The van der Waals surface area contributed by atoms with E-state index in [0.717, 1.165) is 49.6 Å². The number of hydrogen-bond donors (Lipinski definition) is 0. The van der Waals surface area contributed by atoms with Crippen LogP contribution in [0.5, 0.6) is 0 Å². The van der Waals surface area contributed by atoms with Crippen LogP contribution in [0.2, 0.25) is 0 Å². The van der Waals surface area contributed by atoms with Crippen molar-refractivity contribution < 1.29 is 4.79 Å². The lowest BCUT2D eigenvalue weighted by atomic mass is 9.75. The van der Waals surface area contributed by atoms with Gasteiger partial charge in [-0.15, -0.1) is 0 Å². The molecule has 1 spiro atoms. The zero-order valence-corrected chi connectivity index (χ0v) is 18.8. The average Bonchev–Trinajstić information content (AvgIpc) is 3.50. The van der Waals surface area contributed by atoms with Gasteiger partial charge in [-0.05, 0) is 44.0 Å². The first kappa shape index (κ1) is 20.8. The quantitative estimate of drug-likeness (QED) is 0.600. The summed E-state index contributed by atoms with van der Waals surface area (Å²) in [5.41, 5.74) is 2.70. The minimum atomic E-state index is -0.437. The fourth-order valence-corrected chi connectivity index (χ4v) is 5.23. The van der Waals surface area contributed by atoms with E-state index < -0.39 is 5.41 Å². The van der Waals surface area contributed by atoms with E-state index in [1.165, 1.54) is 0 Å². The van der Waals surface area contributed by atoms with Gasteiger partial charge in [0.2, 0.25) is 5.91 Å². The molecule has 0 bridgehead atoms. The summed E-state index contributed by atoms with van der Waals surface area (Å²) in [6.45, 7) is 8.00. The van der Waals surface area contributed by atoms with Gasteiger partial charge in [0.25, 0.3) is 0 Å². The SMILES string of the molecule is CC(C)n1cnc([C@H]2CN(Cc3ccccn3)C[C@]23CCN(Cc2cccnc2)C3=O)c1. The summed E-state index contributed by atoms with van der Waals surface area (Å²) >= 11 is 0. The first-order valence-corrected chi connectivity index (χ1v) is 11.4. The van der Waals surface area contributed by atoms with Gasteiger partial charge in [-0.3, -0.25) is 19.7 Å². The molecule has 32 heavy (non-hydrogen) atoms. The molecule has 7 heteroatoms. The van der Waals surface area contributed by atoms with Gasteiger partial charge >= 0.3 is 0 Å². The van der Waals surface area contributed by atoms with E-state index in [0.29, 0.717) is 12.6 Å². The average molecular weight is 431 g/mol. The Hall–Kier alpha value is -3.06. The van der Waals surface area contributed by atoms with Crippen molar-refractivity contribution in [3.05, 3.63) is 78.4 Å². The van der Waals surface area contributed by atoms with Crippen molar-refractivity contribution in [2.24, 2.45) is 5.41 Å². The molecule has 2 aliphatic rings. The Bertz CT molecular complexity index is 1070. The Labute approximate surface area is 189 Å². The first-order chi connectivity index (χ1) is 15.5. The number of aromatic nitrogens is 4. The van der Waals surface area contributed by atoms with Gasteiger partial charge in [-0.25, -0.2) is 4.98 Å². The van der Waals surface area contributed by atoms with E-state index in [1.807, 2.05) is 47.9 Å². The summed E-state index contributed by atoms with van der Waals surface area (Å²) in [6.07, 6.45) is 10.3. The number of amides is 1. The summed E-state index contributed by atoms with van der Waals surface area (Å²) < 4.78 is 2.14. The molecule has 5 heterocycles. The highest BCUT2D eigenvalue weighted by Crippen LogP contribution is 2.50. The van der Waals surface area contributed by atoms with Crippen LogP contribution >= 0.6 is 0 Å². The molecule has 166 valence electrons. The molecule has 0 aliphatic carbocycles. The fourth-order valence-electron chi connectivity index (χ4n) is 5.23. The molecule has 0 aromatic carbocycles. The molecule has 7 nitrogen and oxygen atoms in total. The predicted molar refractivity (Wildman–Crippen MR) is 122 cm³/mol. The van der Waals surface area contributed by atoms with Crippen LogP contribution in [0, 0.1) is 5.41 Å². The number of imidazole rings is 1. The molecule has 0 radical (unpaired) electrons. The third-order valence-corrected chi connectivity index (χ3v) is 6.94. The van der Waals surface area contributed by atoms with E-state index in [1.54, 1.807) is 6.20 Å². The molecule has 0 saturated carbocycles.